The molecule has 5 atom stereocenters. The fourth-order valence-electron chi connectivity index (χ4n) is 8.59. The number of halogens is 5. The Balaban J connectivity index is 0.00000127. The summed E-state index contributed by atoms with van der Waals surface area (Å²) in [6.07, 6.45) is -2.88. The number of aliphatic hydroxyl groups excluding tert-OH is 2. The molecule has 4 aromatic rings. The molecule has 0 saturated heterocycles. The van der Waals surface area contributed by atoms with Gasteiger partial charge in [-0.1, -0.05) is 28.1 Å². The van der Waals surface area contributed by atoms with E-state index >= 15 is 0 Å². The Hall–Kier alpha value is -1.65. The van der Waals surface area contributed by atoms with Crippen LogP contribution in [0.1, 0.15) is 137 Å². The van der Waals surface area contributed by atoms with E-state index in [2.05, 4.69) is 62.7 Å². The number of nitrogens with one attached hydrogen (secondary N) is 3. The van der Waals surface area contributed by atoms with E-state index in [0.29, 0.717) is 36.5 Å². The van der Waals surface area contributed by atoms with Crippen LogP contribution < -0.4 is 174 Å². The molecule has 454 valence electrons. The first-order chi connectivity index (χ1) is 37.6. The van der Waals surface area contributed by atoms with Crippen molar-refractivity contribution in [1.29, 1.82) is 0 Å². The van der Waals surface area contributed by atoms with E-state index in [1.807, 2.05) is 59.7 Å². The van der Waals surface area contributed by atoms with Gasteiger partial charge in [0.25, 0.3) is 6.47 Å². The minimum Gasteiger partial charge on any atom is -1.00 e. The summed E-state index contributed by atoms with van der Waals surface area (Å²) in [4.78, 5) is 35.8. The van der Waals surface area contributed by atoms with Crippen LogP contribution in [0.3, 0.4) is 0 Å². The first kappa shape index (κ1) is 79.4. The number of hydrogen-bond acceptors (Lipinski definition) is 15. The molecule has 0 aliphatic carbocycles. The number of anilines is 1. The SMILES string of the molecule is CC(C)(C)OC(=O)N[C@@H](Cc1cc(F)cc(F)c1)[C@H](O)CN.CC(C)Oc1ccc2c(c1)C(Br)COC2(C)C.CC(C)Oc1ccc2c(c1NC[C@@H](O)[C@H](Cc1cc(F)cc(F)c1)NC(=O)OC(C)(C)C)CCOC2(C)C.O=CO[O-].[Cs+].[Cs+].[H-]. The van der Waals surface area contributed by atoms with Crippen molar-refractivity contribution in [2.24, 2.45) is 5.73 Å². The van der Waals surface area contributed by atoms with Gasteiger partial charge in [0.1, 0.15) is 46.0 Å². The number of carbonyl (C=O) groups is 3. The fourth-order valence-corrected chi connectivity index (χ4v) is 9.10. The van der Waals surface area contributed by atoms with Crippen LogP contribution in [0.25, 0.3) is 0 Å². The summed E-state index contributed by atoms with van der Waals surface area (Å²) in [6, 6.07) is 14.6. The number of alkyl halides is 1. The molecule has 6 rings (SSSR count). The Morgan fingerprint density at radius 1 is 0.747 bits per heavy atom. The smallest absolute Gasteiger partial charge is 1.00 e. The van der Waals surface area contributed by atoms with E-state index in [1.165, 1.54) is 23.3 Å². The Labute approximate surface area is 614 Å². The van der Waals surface area contributed by atoms with Gasteiger partial charge in [-0.3, -0.25) is 4.79 Å². The number of hydrogen-bond donors (Lipinski definition) is 6. The summed E-state index contributed by atoms with van der Waals surface area (Å²) in [7, 11) is 0. The molecular weight excluding hydrogens is 1390 g/mol. The third-order valence-corrected chi connectivity index (χ3v) is 12.7. The Kier molecular flexibility index (Phi) is 35.1. The number of alkyl carbamates (subject to hydrolysis) is 2. The van der Waals surface area contributed by atoms with Gasteiger partial charge in [-0.05, 0) is 192 Å². The van der Waals surface area contributed by atoms with Crippen LogP contribution in [-0.2, 0) is 59.1 Å². The van der Waals surface area contributed by atoms with Crippen molar-refractivity contribution in [3.8, 4) is 11.5 Å². The monoisotopic (exact) mass is 1480 g/mol. The van der Waals surface area contributed by atoms with Crippen molar-refractivity contribution in [2.75, 3.05) is 31.6 Å². The van der Waals surface area contributed by atoms with Gasteiger partial charge in [0.2, 0.25) is 0 Å². The van der Waals surface area contributed by atoms with Gasteiger partial charge in [0.05, 0.1) is 71.4 Å². The van der Waals surface area contributed by atoms with Crippen molar-refractivity contribution in [3.05, 3.63) is 123 Å². The van der Waals surface area contributed by atoms with Crippen molar-refractivity contribution in [2.45, 2.75) is 180 Å². The molecule has 4 aromatic carbocycles. The van der Waals surface area contributed by atoms with Crippen LogP contribution in [0.4, 0.5) is 32.8 Å². The van der Waals surface area contributed by atoms with E-state index in [1.54, 1.807) is 41.5 Å². The molecule has 0 saturated carbocycles. The molecule has 2 heterocycles. The maximum Gasteiger partial charge on any atom is 1.00 e. The molecule has 2 amide bonds. The quantitative estimate of drug-likeness (QED) is 0.0289. The van der Waals surface area contributed by atoms with Gasteiger partial charge in [-0.15, -0.1) is 0 Å². The first-order valence-corrected chi connectivity index (χ1v) is 27.5. The van der Waals surface area contributed by atoms with Crippen LogP contribution in [0.5, 0.6) is 11.5 Å². The predicted octanol–water partition coefficient (Wildman–Crippen LogP) is 3.92. The molecule has 1 unspecified atom stereocenters. The molecule has 2 aliphatic rings. The van der Waals surface area contributed by atoms with Gasteiger partial charge in [0.15, 0.2) is 0 Å². The van der Waals surface area contributed by atoms with Crippen LogP contribution in [-0.4, -0.2) is 103 Å². The molecule has 0 aromatic heterocycles. The maximum absolute atomic E-state index is 13.9. The number of carbonyl (C=O) groups excluding carboxylic acids is 3. The second-order valence-electron chi connectivity index (χ2n) is 22.9. The zero-order chi connectivity index (χ0) is 61.2. The summed E-state index contributed by atoms with van der Waals surface area (Å²) >= 11 is 3.66. The molecule has 0 radical (unpaired) electrons. The maximum atomic E-state index is 13.9. The number of aliphatic hydroxyl groups is 2. The van der Waals surface area contributed by atoms with Crippen molar-refractivity contribution >= 4 is 40.3 Å². The van der Waals surface area contributed by atoms with Crippen LogP contribution in [0.15, 0.2) is 66.7 Å². The molecule has 0 fully saturated rings. The molecule has 2 aliphatic heterocycles. The summed E-state index contributed by atoms with van der Waals surface area (Å²) in [6.45, 7) is 27.4. The van der Waals surface area contributed by atoms with Crippen LogP contribution >= 0.6 is 15.9 Å². The average Bonchev–Trinajstić information content (AvgIpc) is 2.06. The normalized spacial score (nSPS) is 16.1. The Bertz CT molecular complexity index is 2650. The summed E-state index contributed by atoms with van der Waals surface area (Å²) in [5, 5.41) is 38.0. The number of amides is 2. The van der Waals surface area contributed by atoms with Gasteiger partial charge < -0.3 is 71.9 Å². The average molecular weight is 1480 g/mol. The van der Waals surface area contributed by atoms with Crippen LogP contribution in [0.2, 0.25) is 0 Å². The fraction of sp³-hybridized carbons (Fsp3) is 0.542. The first-order valence-electron chi connectivity index (χ1n) is 26.5. The standard InChI is InChI=1S/C29H40F2N2O5.C15H22F2N2O3.C14H19BrO2.CH2O3.2Cs.H/c1-17(2)37-25-9-8-22-21(10-11-36-29(22,6)7)26(25)32-16-24(34)23(33-27(35)38-28(3,4)5)14-18-12-19(30)15-20(31)13-18;1-15(2,3)22-14(21)19-12(13(20)8-18)6-9-4-10(16)7-11(17)5-9;1-9(2)17-10-5-6-12-11(7-10)13(15)8-16-14(12,3)4;2-1-4-3;;;/h8-9,12-13,15,17,23-24,32,34H,10-11,14,16H2,1-7H3,(H,33,35);4-5,7,12-13,20H,6,8,18H2,1-3H3,(H,19,21);5-7,9,13H,8H2,1-4H3;1,3H;;;/q;;;;2*+1;-1/p-1/t23-,24+;12-,13+;;;;;/m00...../s1. The second kappa shape index (κ2) is 36.7. The topological polar surface area (TPSA) is 241 Å². The molecule has 24 heteroatoms. The molecule has 83 heavy (non-hydrogen) atoms. The summed E-state index contributed by atoms with van der Waals surface area (Å²) in [5.74, 6) is -1.35. The van der Waals surface area contributed by atoms with Gasteiger partial charge in [-0.2, -0.15) is 0 Å². The van der Waals surface area contributed by atoms with Crippen LogP contribution in [0, 0.1) is 23.3 Å². The van der Waals surface area contributed by atoms with E-state index in [-0.39, 0.29) is 194 Å². The van der Waals surface area contributed by atoms with E-state index < -0.39 is 76.6 Å². The Morgan fingerprint density at radius 3 is 1.63 bits per heavy atom. The minimum absolute atomic E-state index is 0. The van der Waals surface area contributed by atoms with Gasteiger partial charge in [0, 0.05) is 25.2 Å². The van der Waals surface area contributed by atoms with E-state index in [0.717, 1.165) is 46.8 Å². The number of fused-ring (bicyclic) bond motifs is 2. The number of rotatable bonds is 17. The van der Waals surface area contributed by atoms with Crippen molar-refractivity contribution in [3.63, 3.8) is 0 Å². The van der Waals surface area contributed by atoms with Crippen molar-refractivity contribution in [1.82, 2.24) is 10.6 Å². The Morgan fingerprint density at radius 2 is 1.19 bits per heavy atom. The molecule has 7 N–H and O–H groups in total. The number of benzene rings is 4. The molecular formula is C59H83BrCs2F4N4O13. The third-order valence-electron chi connectivity index (χ3n) is 11.9. The van der Waals surface area contributed by atoms with Gasteiger partial charge in [-0.25, -0.2) is 27.2 Å². The van der Waals surface area contributed by atoms with E-state index in [4.69, 9.17) is 44.2 Å². The predicted molar refractivity (Wildman–Crippen MR) is 302 cm³/mol. The largest absolute Gasteiger partial charge is 1.00 e. The molecule has 0 spiro atoms. The third kappa shape index (κ3) is 28.6. The minimum atomic E-state index is -1.13. The molecule has 17 nitrogen and oxygen atoms in total. The zero-order valence-corrected chi connectivity index (χ0v) is 64.9. The summed E-state index contributed by atoms with van der Waals surface area (Å²) < 4.78 is 88.2. The zero-order valence-electron chi connectivity index (χ0n) is 51.8. The second-order valence-corrected chi connectivity index (χ2v) is 24.0. The van der Waals surface area contributed by atoms with Gasteiger partial charge >= 0.3 is 150 Å². The summed E-state index contributed by atoms with van der Waals surface area (Å²) in [5.41, 5.74) is 9.16. The van der Waals surface area contributed by atoms with E-state index in [9.17, 15) is 37.4 Å². The number of nitrogens with two attached hydrogens (primary N) is 1. The molecule has 0 bridgehead atoms. The number of ether oxygens (including phenoxy) is 6. The van der Waals surface area contributed by atoms with Crippen molar-refractivity contribution < 1.29 is 220 Å².